The molecule has 178 valence electrons. The number of rotatable bonds is 6. The zero-order valence-electron chi connectivity index (χ0n) is 18.2. The van der Waals surface area contributed by atoms with E-state index in [0.717, 1.165) is 9.87 Å². The second-order valence-electron chi connectivity index (χ2n) is 7.34. The molecule has 12 heteroatoms. The molecular formula is C19H31F3IN5O2S. The summed E-state index contributed by atoms with van der Waals surface area (Å²) in [5, 5.41) is 3.18. The predicted octanol–water partition coefficient (Wildman–Crippen LogP) is 2.59. The van der Waals surface area contributed by atoms with E-state index in [4.69, 9.17) is 0 Å². The van der Waals surface area contributed by atoms with Crippen molar-refractivity contribution in [2.24, 2.45) is 4.99 Å². The van der Waals surface area contributed by atoms with Crippen molar-refractivity contribution in [2.75, 3.05) is 46.8 Å². The van der Waals surface area contributed by atoms with E-state index in [1.165, 1.54) is 25.9 Å². The molecule has 0 aromatic heterocycles. The van der Waals surface area contributed by atoms with Crippen molar-refractivity contribution in [3.8, 4) is 0 Å². The molecule has 1 aliphatic rings. The first-order valence-electron chi connectivity index (χ1n) is 9.82. The number of sulfonamides is 1. The van der Waals surface area contributed by atoms with Crippen LogP contribution in [0.5, 0.6) is 0 Å². The number of nitrogens with one attached hydrogen (secondary N) is 1. The second-order valence-corrected chi connectivity index (χ2v) is 9.49. The minimum atomic E-state index is -4.23. The van der Waals surface area contributed by atoms with Gasteiger partial charge in [0.05, 0.1) is 11.4 Å². The van der Waals surface area contributed by atoms with Crippen molar-refractivity contribution in [3.05, 3.63) is 29.8 Å². The molecule has 2 rings (SSSR count). The van der Waals surface area contributed by atoms with Gasteiger partial charge in [0, 0.05) is 46.8 Å². The standard InChI is InChI=1S/C19H30F3N5O2S.HI/c1-5-23-18(27-12-10-26(11-13-27)15(2)19(20,21)22)24-14-16-6-8-17(9-7-16)30(28,29)25(3)4;/h6-9,15H,5,10-14H2,1-4H3,(H,23,24);1H. The molecule has 1 unspecified atom stereocenters. The summed E-state index contributed by atoms with van der Waals surface area (Å²) in [6.07, 6.45) is -4.23. The van der Waals surface area contributed by atoms with Gasteiger partial charge in [0.2, 0.25) is 10.0 Å². The third kappa shape index (κ3) is 7.46. The molecule has 1 heterocycles. The van der Waals surface area contributed by atoms with Gasteiger partial charge in [-0.2, -0.15) is 13.2 Å². The maximum absolute atomic E-state index is 12.9. The van der Waals surface area contributed by atoms with Gasteiger partial charge in [-0.05, 0) is 31.5 Å². The molecule has 31 heavy (non-hydrogen) atoms. The molecule has 1 saturated heterocycles. The van der Waals surface area contributed by atoms with Crippen LogP contribution in [0.25, 0.3) is 0 Å². The Morgan fingerprint density at radius 1 is 1.16 bits per heavy atom. The lowest BCUT2D eigenvalue weighted by molar-refractivity contribution is -0.181. The predicted molar refractivity (Wildman–Crippen MR) is 126 cm³/mol. The fraction of sp³-hybridized carbons (Fsp3) is 0.632. The first-order valence-corrected chi connectivity index (χ1v) is 11.3. The molecule has 0 saturated carbocycles. The molecule has 0 spiro atoms. The Kier molecular flexibility index (Phi) is 10.5. The maximum Gasteiger partial charge on any atom is 0.403 e. The Hall–Kier alpha value is -1.12. The van der Waals surface area contributed by atoms with Gasteiger partial charge < -0.3 is 10.2 Å². The lowest BCUT2D eigenvalue weighted by atomic mass is 10.2. The van der Waals surface area contributed by atoms with Crippen molar-refractivity contribution in [2.45, 2.75) is 37.5 Å². The molecule has 1 aromatic carbocycles. The molecule has 1 atom stereocenters. The highest BCUT2D eigenvalue weighted by Gasteiger charge is 2.41. The van der Waals surface area contributed by atoms with Crippen LogP contribution in [-0.2, 0) is 16.6 Å². The van der Waals surface area contributed by atoms with Crippen molar-refractivity contribution >= 4 is 40.0 Å². The van der Waals surface area contributed by atoms with E-state index < -0.39 is 22.2 Å². The SMILES string of the molecule is CCNC(=NCc1ccc(S(=O)(=O)N(C)C)cc1)N1CCN(C(C)C(F)(F)F)CC1.I. The third-order valence-electron chi connectivity index (χ3n) is 5.08. The zero-order valence-corrected chi connectivity index (χ0v) is 21.3. The van der Waals surface area contributed by atoms with Crippen molar-refractivity contribution in [1.29, 1.82) is 0 Å². The first kappa shape index (κ1) is 27.9. The number of nitrogens with zero attached hydrogens (tertiary/aromatic N) is 4. The van der Waals surface area contributed by atoms with Gasteiger partial charge in [0.1, 0.15) is 6.04 Å². The summed E-state index contributed by atoms with van der Waals surface area (Å²) in [5.74, 6) is 0.641. The molecule has 7 nitrogen and oxygen atoms in total. The molecule has 1 N–H and O–H groups in total. The minimum Gasteiger partial charge on any atom is -0.357 e. The topological polar surface area (TPSA) is 68.2 Å². The van der Waals surface area contributed by atoms with E-state index in [0.29, 0.717) is 45.2 Å². The summed E-state index contributed by atoms with van der Waals surface area (Å²) in [5.41, 5.74) is 0.840. The summed E-state index contributed by atoms with van der Waals surface area (Å²) < 4.78 is 64.2. The fourth-order valence-corrected chi connectivity index (χ4v) is 4.00. The number of halogens is 4. The van der Waals surface area contributed by atoms with Gasteiger partial charge in [-0.25, -0.2) is 17.7 Å². The van der Waals surface area contributed by atoms with Crippen LogP contribution in [-0.4, -0.2) is 87.5 Å². The molecular weight excluding hydrogens is 546 g/mol. The number of piperazine rings is 1. The summed E-state index contributed by atoms with van der Waals surface area (Å²) >= 11 is 0. The summed E-state index contributed by atoms with van der Waals surface area (Å²) in [6.45, 7) is 5.61. The quantitative estimate of drug-likeness (QED) is 0.320. The number of guanidine groups is 1. The first-order chi connectivity index (χ1) is 14.0. The van der Waals surface area contributed by atoms with Crippen molar-refractivity contribution in [1.82, 2.24) is 19.4 Å². The van der Waals surface area contributed by atoms with Crippen LogP contribution in [0.1, 0.15) is 19.4 Å². The average molecular weight is 577 g/mol. The minimum absolute atomic E-state index is 0. The Bertz CT molecular complexity index is 824. The Morgan fingerprint density at radius 2 is 1.71 bits per heavy atom. The number of benzene rings is 1. The largest absolute Gasteiger partial charge is 0.403 e. The van der Waals surface area contributed by atoms with E-state index in [-0.39, 0.29) is 28.9 Å². The van der Waals surface area contributed by atoms with Crippen LogP contribution in [0.2, 0.25) is 0 Å². The van der Waals surface area contributed by atoms with E-state index in [1.54, 1.807) is 24.3 Å². The van der Waals surface area contributed by atoms with Crippen LogP contribution < -0.4 is 5.32 Å². The van der Waals surface area contributed by atoms with Gasteiger partial charge in [0.15, 0.2) is 5.96 Å². The lowest BCUT2D eigenvalue weighted by Crippen LogP contribution is -2.56. The van der Waals surface area contributed by atoms with Crippen LogP contribution in [0, 0.1) is 0 Å². The van der Waals surface area contributed by atoms with Crippen LogP contribution in [0.15, 0.2) is 34.2 Å². The highest BCUT2D eigenvalue weighted by Crippen LogP contribution is 2.25. The van der Waals surface area contributed by atoms with Gasteiger partial charge in [-0.15, -0.1) is 24.0 Å². The molecule has 0 radical (unpaired) electrons. The summed E-state index contributed by atoms with van der Waals surface area (Å²) in [7, 11) is -0.526. The van der Waals surface area contributed by atoms with Gasteiger partial charge >= 0.3 is 6.18 Å². The molecule has 1 aliphatic heterocycles. The number of aliphatic imine (C=N–C) groups is 1. The highest BCUT2D eigenvalue weighted by atomic mass is 127. The van der Waals surface area contributed by atoms with Gasteiger partial charge in [-0.1, -0.05) is 12.1 Å². The monoisotopic (exact) mass is 577 g/mol. The average Bonchev–Trinajstić information content (AvgIpc) is 2.70. The van der Waals surface area contributed by atoms with Gasteiger partial charge in [0.25, 0.3) is 0 Å². The lowest BCUT2D eigenvalue weighted by Gasteiger charge is -2.39. The Labute approximate surface area is 199 Å². The zero-order chi connectivity index (χ0) is 22.5. The summed E-state index contributed by atoms with van der Waals surface area (Å²) in [4.78, 5) is 8.18. The molecule has 0 bridgehead atoms. The van der Waals surface area contributed by atoms with Crippen LogP contribution in [0.4, 0.5) is 13.2 Å². The van der Waals surface area contributed by atoms with E-state index in [9.17, 15) is 21.6 Å². The van der Waals surface area contributed by atoms with Crippen LogP contribution in [0.3, 0.4) is 0 Å². The third-order valence-corrected chi connectivity index (χ3v) is 6.91. The number of hydrogen-bond acceptors (Lipinski definition) is 4. The molecule has 1 aromatic rings. The molecule has 1 fully saturated rings. The van der Waals surface area contributed by atoms with Crippen molar-refractivity contribution < 1.29 is 21.6 Å². The second kappa shape index (κ2) is 11.7. The highest BCUT2D eigenvalue weighted by molar-refractivity contribution is 14.0. The normalized spacial score (nSPS) is 17.4. The van der Waals surface area contributed by atoms with E-state index in [2.05, 4.69) is 10.3 Å². The summed E-state index contributed by atoms with van der Waals surface area (Å²) in [6, 6.07) is 5.06. The molecule has 0 aliphatic carbocycles. The van der Waals surface area contributed by atoms with E-state index >= 15 is 0 Å². The van der Waals surface area contributed by atoms with E-state index in [1.807, 2.05) is 11.8 Å². The number of alkyl halides is 3. The Morgan fingerprint density at radius 3 is 2.16 bits per heavy atom. The van der Waals surface area contributed by atoms with Crippen molar-refractivity contribution in [3.63, 3.8) is 0 Å². The molecule has 0 amide bonds. The smallest absolute Gasteiger partial charge is 0.357 e. The maximum atomic E-state index is 12.9. The number of hydrogen-bond donors (Lipinski definition) is 1. The van der Waals surface area contributed by atoms with Crippen LogP contribution >= 0.6 is 24.0 Å². The van der Waals surface area contributed by atoms with Gasteiger partial charge in [-0.3, -0.25) is 4.90 Å². The Balaban J connectivity index is 0.00000480. The fourth-order valence-electron chi connectivity index (χ4n) is 3.10.